The first-order chi connectivity index (χ1) is 14.7. The zero-order valence-corrected chi connectivity index (χ0v) is 17.7. The molecule has 0 amide bonds. The number of benzene rings is 1. The third-order valence-corrected chi connectivity index (χ3v) is 4.86. The fourth-order valence-corrected chi connectivity index (χ4v) is 3.49. The standard InChI is InChI=1S/C23H26FN3O4/c1-13(2)22-19(9-8-17(28)11-18(29)12-21(30)31)23(15-4-6-16(24)7-5-15)27-20(25-22)10-14(3)26-27/h4-10,13,17-18,28-29H,11-12H2,1-3H3,(H,30,31)/b9-8+/t17-,18-/m1/s1. The molecule has 0 saturated carbocycles. The van der Waals surface area contributed by atoms with E-state index in [0.29, 0.717) is 16.9 Å². The van der Waals surface area contributed by atoms with E-state index in [9.17, 15) is 19.4 Å². The summed E-state index contributed by atoms with van der Waals surface area (Å²) in [5.74, 6) is -1.43. The van der Waals surface area contributed by atoms with Crippen molar-refractivity contribution in [3.05, 3.63) is 59.2 Å². The van der Waals surface area contributed by atoms with Gasteiger partial charge in [0.1, 0.15) is 5.82 Å². The quantitative estimate of drug-likeness (QED) is 0.507. The molecule has 3 aromatic rings. The molecule has 8 heteroatoms. The summed E-state index contributed by atoms with van der Waals surface area (Å²) in [6, 6.07) is 7.93. The van der Waals surface area contributed by atoms with Crippen LogP contribution in [0.4, 0.5) is 4.39 Å². The summed E-state index contributed by atoms with van der Waals surface area (Å²) in [7, 11) is 0. The van der Waals surface area contributed by atoms with Crippen molar-refractivity contribution in [3.8, 4) is 11.3 Å². The van der Waals surface area contributed by atoms with Crippen LogP contribution in [-0.2, 0) is 4.79 Å². The van der Waals surface area contributed by atoms with Gasteiger partial charge in [0.05, 0.1) is 35.7 Å². The molecule has 7 nitrogen and oxygen atoms in total. The predicted octanol–water partition coefficient (Wildman–Crippen LogP) is 3.57. The van der Waals surface area contributed by atoms with E-state index in [0.717, 1.165) is 17.0 Å². The molecule has 0 radical (unpaired) electrons. The summed E-state index contributed by atoms with van der Waals surface area (Å²) in [6.07, 6.45) is 0.447. The van der Waals surface area contributed by atoms with Crippen molar-refractivity contribution in [3.63, 3.8) is 0 Å². The van der Waals surface area contributed by atoms with Crippen LogP contribution in [0.3, 0.4) is 0 Å². The number of hydrogen-bond acceptors (Lipinski definition) is 5. The van der Waals surface area contributed by atoms with Gasteiger partial charge in [-0.25, -0.2) is 13.9 Å². The number of carboxylic acids is 1. The van der Waals surface area contributed by atoms with Crippen LogP contribution in [0.15, 0.2) is 36.4 Å². The second-order valence-electron chi connectivity index (χ2n) is 7.89. The van der Waals surface area contributed by atoms with E-state index in [2.05, 4.69) is 5.10 Å². The number of hydrogen-bond donors (Lipinski definition) is 3. The Morgan fingerprint density at radius 2 is 1.90 bits per heavy atom. The van der Waals surface area contributed by atoms with Crippen LogP contribution < -0.4 is 0 Å². The summed E-state index contributed by atoms with van der Waals surface area (Å²) < 4.78 is 15.2. The number of carbonyl (C=O) groups is 1. The number of aliphatic carboxylic acids is 1. The van der Waals surface area contributed by atoms with Crippen LogP contribution in [0.2, 0.25) is 0 Å². The number of halogens is 1. The van der Waals surface area contributed by atoms with Crippen molar-refractivity contribution in [2.24, 2.45) is 0 Å². The van der Waals surface area contributed by atoms with E-state index in [1.165, 1.54) is 18.2 Å². The minimum atomic E-state index is -1.16. The van der Waals surface area contributed by atoms with Gasteiger partial charge in [-0.2, -0.15) is 5.10 Å². The topological polar surface area (TPSA) is 108 Å². The maximum Gasteiger partial charge on any atom is 0.305 e. The highest BCUT2D eigenvalue weighted by atomic mass is 19.1. The third-order valence-electron chi connectivity index (χ3n) is 4.86. The second kappa shape index (κ2) is 9.36. The number of aryl methyl sites for hydroxylation is 1. The van der Waals surface area contributed by atoms with Gasteiger partial charge in [0, 0.05) is 23.6 Å². The van der Waals surface area contributed by atoms with Crippen LogP contribution in [-0.4, -0.2) is 48.1 Å². The lowest BCUT2D eigenvalue weighted by atomic mass is 9.97. The van der Waals surface area contributed by atoms with E-state index in [1.807, 2.05) is 26.8 Å². The van der Waals surface area contributed by atoms with Crippen molar-refractivity contribution in [1.29, 1.82) is 0 Å². The minimum absolute atomic E-state index is 0.0498. The monoisotopic (exact) mass is 427 g/mol. The molecule has 3 rings (SSSR count). The molecule has 3 N–H and O–H groups in total. The molecule has 0 aliphatic carbocycles. The number of aromatic nitrogens is 3. The number of aliphatic hydroxyl groups is 2. The molecule has 0 unspecified atom stereocenters. The maximum absolute atomic E-state index is 13.5. The molecule has 0 spiro atoms. The molecule has 164 valence electrons. The SMILES string of the molecule is Cc1cc2nc(C(C)C)c(/C=C/[C@@H](O)C[C@@H](O)CC(=O)O)c(-c3ccc(F)cc3)n2n1. The molecule has 0 aliphatic rings. The Morgan fingerprint density at radius 3 is 2.52 bits per heavy atom. The smallest absolute Gasteiger partial charge is 0.305 e. The van der Waals surface area contributed by atoms with E-state index in [4.69, 9.17) is 10.1 Å². The van der Waals surface area contributed by atoms with E-state index in [1.54, 1.807) is 22.7 Å². The summed E-state index contributed by atoms with van der Waals surface area (Å²) >= 11 is 0. The molecular formula is C23H26FN3O4. The summed E-state index contributed by atoms with van der Waals surface area (Å²) in [5.41, 5.74) is 4.37. The van der Waals surface area contributed by atoms with Crippen molar-refractivity contribution >= 4 is 17.7 Å². The number of carboxylic acid groups (broad SMARTS) is 1. The fraction of sp³-hybridized carbons (Fsp3) is 0.348. The van der Waals surface area contributed by atoms with Crippen LogP contribution in [0.5, 0.6) is 0 Å². The summed E-state index contributed by atoms with van der Waals surface area (Å²) in [5, 5.41) is 33.4. The highest BCUT2D eigenvalue weighted by Crippen LogP contribution is 2.32. The first-order valence-electron chi connectivity index (χ1n) is 10.1. The molecule has 0 aliphatic heterocycles. The van der Waals surface area contributed by atoms with Crippen molar-refractivity contribution in [1.82, 2.24) is 14.6 Å². The molecule has 1 aromatic carbocycles. The normalized spacial score (nSPS) is 13.9. The molecule has 0 saturated heterocycles. The lowest BCUT2D eigenvalue weighted by Crippen LogP contribution is -2.19. The molecule has 31 heavy (non-hydrogen) atoms. The van der Waals surface area contributed by atoms with E-state index >= 15 is 0 Å². The van der Waals surface area contributed by atoms with Gasteiger partial charge >= 0.3 is 5.97 Å². The van der Waals surface area contributed by atoms with Crippen LogP contribution >= 0.6 is 0 Å². The van der Waals surface area contributed by atoms with Crippen molar-refractivity contribution in [2.75, 3.05) is 0 Å². The van der Waals surface area contributed by atoms with Gasteiger partial charge in [0.25, 0.3) is 0 Å². The van der Waals surface area contributed by atoms with Crippen LogP contribution in [0.1, 0.15) is 49.6 Å². The van der Waals surface area contributed by atoms with Gasteiger partial charge in [-0.3, -0.25) is 4.79 Å². The van der Waals surface area contributed by atoms with Gasteiger partial charge in [0.2, 0.25) is 0 Å². The number of aliphatic hydroxyl groups excluding tert-OH is 2. The van der Waals surface area contributed by atoms with Gasteiger partial charge in [-0.05, 0) is 37.1 Å². The van der Waals surface area contributed by atoms with E-state index < -0.39 is 24.6 Å². The highest BCUT2D eigenvalue weighted by Gasteiger charge is 2.20. The van der Waals surface area contributed by atoms with Gasteiger partial charge in [-0.15, -0.1) is 0 Å². The second-order valence-corrected chi connectivity index (χ2v) is 7.89. The third kappa shape index (κ3) is 5.34. The van der Waals surface area contributed by atoms with Gasteiger partial charge in [-0.1, -0.05) is 26.0 Å². The lowest BCUT2D eigenvalue weighted by molar-refractivity contribution is -0.139. The number of fused-ring (bicyclic) bond motifs is 1. The Balaban J connectivity index is 2.12. The van der Waals surface area contributed by atoms with Gasteiger partial charge in [0.15, 0.2) is 5.65 Å². The highest BCUT2D eigenvalue weighted by molar-refractivity contribution is 5.76. The molecule has 0 bridgehead atoms. The Morgan fingerprint density at radius 1 is 1.23 bits per heavy atom. The van der Waals surface area contributed by atoms with Crippen molar-refractivity contribution in [2.45, 2.75) is 51.7 Å². The van der Waals surface area contributed by atoms with Crippen molar-refractivity contribution < 1.29 is 24.5 Å². The van der Waals surface area contributed by atoms with E-state index in [-0.39, 0.29) is 18.2 Å². The number of rotatable bonds is 8. The van der Waals surface area contributed by atoms with Crippen LogP contribution in [0.25, 0.3) is 23.0 Å². The molecule has 0 fully saturated rings. The Bertz CT molecular complexity index is 1110. The first kappa shape index (κ1) is 22.6. The Labute approximate surface area is 179 Å². The number of nitrogens with zero attached hydrogens (tertiary/aromatic N) is 3. The molecule has 2 aromatic heterocycles. The fourth-order valence-electron chi connectivity index (χ4n) is 3.49. The zero-order valence-electron chi connectivity index (χ0n) is 17.7. The molecule has 2 heterocycles. The Hall–Kier alpha value is -3.10. The molecular weight excluding hydrogens is 401 g/mol. The average molecular weight is 427 g/mol. The first-order valence-corrected chi connectivity index (χ1v) is 10.1. The lowest BCUT2D eigenvalue weighted by Gasteiger charge is -2.17. The largest absolute Gasteiger partial charge is 0.481 e. The van der Waals surface area contributed by atoms with Crippen LogP contribution in [0, 0.1) is 12.7 Å². The predicted molar refractivity (Wildman–Crippen MR) is 115 cm³/mol. The summed E-state index contributed by atoms with van der Waals surface area (Å²) in [6.45, 7) is 5.86. The maximum atomic E-state index is 13.5. The summed E-state index contributed by atoms with van der Waals surface area (Å²) in [4.78, 5) is 15.5. The zero-order chi connectivity index (χ0) is 22.7. The minimum Gasteiger partial charge on any atom is -0.481 e. The Kier molecular flexibility index (Phi) is 6.82. The average Bonchev–Trinajstić information content (AvgIpc) is 3.05. The van der Waals surface area contributed by atoms with Gasteiger partial charge < -0.3 is 15.3 Å². The molecule has 2 atom stereocenters.